The summed E-state index contributed by atoms with van der Waals surface area (Å²) in [5, 5.41) is 12.3. The zero-order chi connectivity index (χ0) is 24.0. The first-order valence-corrected chi connectivity index (χ1v) is 12.5. The standard InChI is InChI=1S/C21H21ClFN3O5S2/c1-31-15-5-3-14(4-6-15)12-26(20-19(21(27)28)25-13-32-20)33(29,30)16-7-8-18(17(23)11-16)24-10-2-9-22/h3-8,11,13,24H,2,9-10,12H2,1H3,(H,27,28). The van der Waals surface area contributed by atoms with Crippen LogP contribution in [0.4, 0.5) is 15.1 Å². The molecule has 0 fully saturated rings. The van der Waals surface area contributed by atoms with Crippen LogP contribution < -0.4 is 14.4 Å². The van der Waals surface area contributed by atoms with Crippen LogP contribution in [0.15, 0.2) is 52.9 Å². The second-order valence-corrected chi connectivity index (χ2v) is 9.86. The Morgan fingerprint density at radius 1 is 1.27 bits per heavy atom. The maximum Gasteiger partial charge on any atom is 0.357 e. The minimum Gasteiger partial charge on any atom is -0.497 e. The predicted octanol–water partition coefficient (Wildman–Crippen LogP) is 4.43. The maximum atomic E-state index is 14.6. The lowest BCUT2D eigenvalue weighted by Crippen LogP contribution is -2.31. The Bertz CT molecular complexity index is 1220. The van der Waals surface area contributed by atoms with Crippen molar-refractivity contribution in [1.29, 1.82) is 0 Å². The number of nitrogens with zero attached hydrogens (tertiary/aromatic N) is 2. The van der Waals surface area contributed by atoms with E-state index in [9.17, 15) is 22.7 Å². The number of rotatable bonds is 11. The van der Waals surface area contributed by atoms with Crippen LogP contribution in [0.3, 0.4) is 0 Å². The zero-order valence-electron chi connectivity index (χ0n) is 17.5. The number of hydrogen-bond acceptors (Lipinski definition) is 7. The van der Waals surface area contributed by atoms with E-state index in [1.54, 1.807) is 24.3 Å². The third-order valence-electron chi connectivity index (χ3n) is 4.62. The van der Waals surface area contributed by atoms with Crippen LogP contribution in [0.1, 0.15) is 22.5 Å². The average Bonchev–Trinajstić information content (AvgIpc) is 3.28. The van der Waals surface area contributed by atoms with E-state index in [2.05, 4.69) is 10.3 Å². The second-order valence-electron chi connectivity index (χ2n) is 6.78. The molecule has 2 aromatic carbocycles. The van der Waals surface area contributed by atoms with Crippen LogP contribution in [-0.2, 0) is 16.6 Å². The molecule has 3 aromatic rings. The van der Waals surface area contributed by atoms with E-state index >= 15 is 0 Å². The highest BCUT2D eigenvalue weighted by Crippen LogP contribution is 2.33. The van der Waals surface area contributed by atoms with Gasteiger partial charge < -0.3 is 15.2 Å². The van der Waals surface area contributed by atoms with Crippen molar-refractivity contribution in [3.63, 3.8) is 0 Å². The molecule has 0 aliphatic heterocycles. The van der Waals surface area contributed by atoms with Gasteiger partial charge in [-0.25, -0.2) is 22.6 Å². The fourth-order valence-corrected chi connectivity index (χ4v) is 5.56. The Morgan fingerprint density at radius 3 is 2.61 bits per heavy atom. The molecule has 0 saturated carbocycles. The van der Waals surface area contributed by atoms with E-state index in [0.717, 1.165) is 21.7 Å². The number of aromatic carboxylic acids is 1. The summed E-state index contributed by atoms with van der Waals surface area (Å²) in [6.07, 6.45) is 0.611. The number of carboxylic acid groups (broad SMARTS) is 1. The number of thiazole rings is 1. The van der Waals surface area contributed by atoms with E-state index < -0.39 is 27.5 Å². The Kier molecular flexibility index (Phi) is 8.11. The van der Waals surface area contributed by atoms with Gasteiger partial charge in [0.25, 0.3) is 10.0 Å². The number of methoxy groups -OCH3 is 1. The Labute approximate surface area is 199 Å². The highest BCUT2D eigenvalue weighted by molar-refractivity contribution is 7.93. The number of sulfonamides is 1. The molecule has 12 heteroatoms. The van der Waals surface area contributed by atoms with Crippen LogP contribution in [-0.4, -0.2) is 44.0 Å². The summed E-state index contributed by atoms with van der Waals surface area (Å²) in [7, 11) is -2.83. The average molecular weight is 514 g/mol. The van der Waals surface area contributed by atoms with Crippen LogP contribution in [0, 0.1) is 5.82 Å². The molecule has 0 amide bonds. The first-order valence-electron chi connectivity index (χ1n) is 9.69. The van der Waals surface area contributed by atoms with Crippen molar-refractivity contribution in [3.8, 4) is 5.75 Å². The van der Waals surface area contributed by atoms with Crippen LogP contribution in [0.5, 0.6) is 5.75 Å². The van der Waals surface area contributed by atoms with Gasteiger partial charge in [0, 0.05) is 12.4 Å². The summed E-state index contributed by atoms with van der Waals surface area (Å²) >= 11 is 6.49. The highest BCUT2D eigenvalue weighted by atomic mass is 35.5. The molecule has 2 N–H and O–H groups in total. The fraction of sp³-hybridized carbons (Fsp3) is 0.238. The number of alkyl halides is 1. The molecule has 3 rings (SSSR count). The first kappa shape index (κ1) is 24.7. The Balaban J connectivity index is 2.02. The highest BCUT2D eigenvalue weighted by Gasteiger charge is 2.31. The predicted molar refractivity (Wildman–Crippen MR) is 126 cm³/mol. The third-order valence-corrected chi connectivity index (χ3v) is 7.59. The maximum absolute atomic E-state index is 14.6. The lowest BCUT2D eigenvalue weighted by Gasteiger charge is -2.24. The largest absolute Gasteiger partial charge is 0.497 e. The number of anilines is 2. The van der Waals surface area contributed by atoms with Gasteiger partial charge in [0.2, 0.25) is 0 Å². The summed E-state index contributed by atoms with van der Waals surface area (Å²) < 4.78 is 47.8. The minimum absolute atomic E-state index is 0.0805. The molecule has 0 unspecified atom stereocenters. The summed E-state index contributed by atoms with van der Waals surface area (Å²) in [5.41, 5.74) is 1.56. The number of carboxylic acids is 1. The molecular weight excluding hydrogens is 493 g/mol. The van der Waals surface area contributed by atoms with Gasteiger partial charge in [0.05, 0.1) is 29.7 Å². The van der Waals surface area contributed by atoms with E-state index in [1.165, 1.54) is 24.8 Å². The van der Waals surface area contributed by atoms with Gasteiger partial charge in [-0.05, 0) is 42.3 Å². The number of halogens is 2. The van der Waals surface area contributed by atoms with Gasteiger partial charge in [-0.3, -0.25) is 4.31 Å². The molecule has 0 saturated heterocycles. The van der Waals surface area contributed by atoms with Crippen LogP contribution in [0.25, 0.3) is 0 Å². The number of carbonyl (C=O) groups is 1. The summed E-state index contributed by atoms with van der Waals surface area (Å²) in [4.78, 5) is 15.1. The van der Waals surface area contributed by atoms with Gasteiger partial charge in [-0.1, -0.05) is 12.1 Å². The van der Waals surface area contributed by atoms with Crippen molar-refractivity contribution >= 4 is 49.6 Å². The molecule has 0 spiro atoms. The Morgan fingerprint density at radius 2 is 2.00 bits per heavy atom. The van der Waals surface area contributed by atoms with Gasteiger partial charge in [-0.2, -0.15) is 0 Å². The van der Waals surface area contributed by atoms with Crippen molar-refractivity contribution in [2.75, 3.05) is 29.2 Å². The fourth-order valence-electron chi connectivity index (χ4n) is 2.94. The van der Waals surface area contributed by atoms with E-state index in [0.29, 0.717) is 30.2 Å². The molecule has 8 nitrogen and oxygen atoms in total. The van der Waals surface area contributed by atoms with Crippen molar-refractivity contribution in [1.82, 2.24) is 4.98 Å². The molecule has 176 valence electrons. The molecule has 0 aliphatic rings. The summed E-state index contributed by atoms with van der Waals surface area (Å²) in [6.45, 7) is 0.241. The van der Waals surface area contributed by atoms with E-state index in [4.69, 9.17) is 16.3 Å². The van der Waals surface area contributed by atoms with Gasteiger partial charge in [-0.15, -0.1) is 22.9 Å². The van der Waals surface area contributed by atoms with Crippen molar-refractivity contribution in [2.24, 2.45) is 0 Å². The van der Waals surface area contributed by atoms with Gasteiger partial charge in [0.15, 0.2) is 5.69 Å². The lowest BCUT2D eigenvalue weighted by molar-refractivity contribution is 0.0692. The molecular formula is C21H21ClFN3O5S2. The van der Waals surface area contributed by atoms with Crippen molar-refractivity contribution < 1.29 is 27.4 Å². The molecule has 33 heavy (non-hydrogen) atoms. The van der Waals surface area contributed by atoms with E-state index in [-0.39, 0.29) is 22.1 Å². The molecule has 0 aliphatic carbocycles. The third kappa shape index (κ3) is 5.73. The molecule has 0 bridgehead atoms. The number of nitrogens with one attached hydrogen (secondary N) is 1. The van der Waals surface area contributed by atoms with E-state index in [1.807, 2.05) is 0 Å². The normalized spacial score (nSPS) is 11.2. The first-order chi connectivity index (χ1) is 15.8. The molecule has 0 radical (unpaired) electrons. The quantitative estimate of drug-likeness (QED) is 0.288. The smallest absolute Gasteiger partial charge is 0.357 e. The number of ether oxygens (including phenoxy) is 1. The minimum atomic E-state index is -4.34. The SMILES string of the molecule is COc1ccc(CN(c2scnc2C(=O)O)S(=O)(=O)c2ccc(NCCCCl)c(F)c2)cc1. The number of hydrogen-bond donors (Lipinski definition) is 2. The summed E-state index contributed by atoms with van der Waals surface area (Å²) in [5.74, 6) is -1.14. The second kappa shape index (κ2) is 10.8. The summed E-state index contributed by atoms with van der Waals surface area (Å²) in [6, 6.07) is 10.1. The van der Waals surface area contributed by atoms with Crippen LogP contribution >= 0.6 is 22.9 Å². The molecule has 0 atom stereocenters. The van der Waals surface area contributed by atoms with Gasteiger partial charge in [0.1, 0.15) is 16.6 Å². The number of benzene rings is 2. The Hall–Kier alpha value is -2.89. The topological polar surface area (TPSA) is 109 Å². The monoisotopic (exact) mass is 513 g/mol. The lowest BCUT2D eigenvalue weighted by atomic mass is 10.2. The molecule has 1 heterocycles. The number of aromatic nitrogens is 1. The van der Waals surface area contributed by atoms with Crippen molar-refractivity contribution in [2.45, 2.75) is 17.9 Å². The van der Waals surface area contributed by atoms with Gasteiger partial charge >= 0.3 is 5.97 Å². The van der Waals surface area contributed by atoms with Crippen LogP contribution in [0.2, 0.25) is 0 Å². The van der Waals surface area contributed by atoms with Crippen molar-refractivity contribution in [3.05, 3.63) is 65.0 Å². The molecule has 1 aromatic heterocycles. The zero-order valence-corrected chi connectivity index (χ0v) is 19.9.